The summed E-state index contributed by atoms with van der Waals surface area (Å²) >= 11 is 0. The lowest BCUT2D eigenvalue weighted by Crippen LogP contribution is -2.28. The van der Waals surface area contributed by atoms with Crippen molar-refractivity contribution in [2.24, 2.45) is 5.10 Å². The van der Waals surface area contributed by atoms with E-state index in [-0.39, 0.29) is 16.2 Å². The lowest BCUT2D eigenvalue weighted by Gasteiger charge is -2.15. The van der Waals surface area contributed by atoms with Gasteiger partial charge in [0, 0.05) is 30.3 Å². The van der Waals surface area contributed by atoms with Gasteiger partial charge in [0.1, 0.15) is 11.5 Å². The molecule has 8 nitrogen and oxygen atoms in total. The molecule has 1 aliphatic heterocycles. The zero-order valence-electron chi connectivity index (χ0n) is 16.0. The number of phenolic OH excluding ortho intramolecular Hbond substituents is 1. The van der Waals surface area contributed by atoms with Crippen molar-refractivity contribution in [3.05, 3.63) is 53.6 Å². The van der Waals surface area contributed by atoms with Gasteiger partial charge in [0.15, 0.2) is 0 Å². The van der Waals surface area contributed by atoms with Gasteiger partial charge >= 0.3 is 0 Å². The maximum Gasteiger partial charge on any atom is 0.271 e. The summed E-state index contributed by atoms with van der Waals surface area (Å²) in [6.45, 7) is 3.31. The molecule has 29 heavy (non-hydrogen) atoms. The molecule has 1 amide bonds. The van der Waals surface area contributed by atoms with Crippen molar-refractivity contribution in [3.63, 3.8) is 0 Å². The molecule has 0 radical (unpaired) electrons. The summed E-state index contributed by atoms with van der Waals surface area (Å²) in [5.74, 6) is -0.0555. The Labute approximate surface area is 169 Å². The van der Waals surface area contributed by atoms with Gasteiger partial charge in [-0.15, -0.1) is 0 Å². The lowest BCUT2D eigenvalue weighted by atomic mass is 10.2. The summed E-state index contributed by atoms with van der Waals surface area (Å²) in [5, 5.41) is 13.8. The Hall–Kier alpha value is -2.91. The highest BCUT2D eigenvalue weighted by atomic mass is 32.2. The largest absolute Gasteiger partial charge is 0.507 e. The van der Waals surface area contributed by atoms with Crippen LogP contribution in [0.5, 0.6) is 11.5 Å². The Kier molecular flexibility index (Phi) is 6.50. The molecule has 2 N–H and O–H groups in total. The van der Waals surface area contributed by atoms with Crippen LogP contribution in [0.25, 0.3) is 0 Å². The highest BCUT2D eigenvalue weighted by Crippen LogP contribution is 2.23. The molecule has 2 aromatic carbocycles. The quantitative estimate of drug-likeness (QED) is 0.531. The maximum absolute atomic E-state index is 12.6. The van der Waals surface area contributed by atoms with Gasteiger partial charge in [0.05, 0.1) is 17.7 Å². The molecule has 2 aromatic rings. The number of sulfonamides is 1. The molecule has 154 valence electrons. The number of hydrogen-bond donors (Lipinski definition) is 2. The Morgan fingerprint density at radius 2 is 2.00 bits per heavy atom. The monoisotopic (exact) mass is 417 g/mol. The average molecular weight is 417 g/mol. The van der Waals surface area contributed by atoms with Crippen LogP contribution in [0.3, 0.4) is 0 Å². The Morgan fingerprint density at radius 1 is 1.24 bits per heavy atom. The molecular formula is C20H23N3O5S. The summed E-state index contributed by atoms with van der Waals surface area (Å²) in [6.07, 6.45) is 2.98. The van der Waals surface area contributed by atoms with E-state index in [0.29, 0.717) is 31.0 Å². The molecule has 0 bridgehead atoms. The molecule has 0 aromatic heterocycles. The van der Waals surface area contributed by atoms with Crippen molar-refractivity contribution in [2.45, 2.75) is 24.7 Å². The van der Waals surface area contributed by atoms with Gasteiger partial charge in [-0.05, 0) is 50.1 Å². The van der Waals surface area contributed by atoms with Gasteiger partial charge in [-0.1, -0.05) is 6.07 Å². The molecule has 1 aliphatic rings. The third kappa shape index (κ3) is 4.93. The first-order valence-electron chi connectivity index (χ1n) is 9.31. The van der Waals surface area contributed by atoms with Crippen LogP contribution in [0.1, 0.15) is 35.7 Å². The summed E-state index contributed by atoms with van der Waals surface area (Å²) in [7, 11) is -3.60. The second-order valence-electron chi connectivity index (χ2n) is 6.49. The van der Waals surface area contributed by atoms with Gasteiger partial charge in [0.25, 0.3) is 5.91 Å². The molecule has 0 spiro atoms. The molecule has 9 heteroatoms. The second-order valence-corrected chi connectivity index (χ2v) is 8.43. The standard InChI is InChI=1S/C20H23N3O5S/c1-2-28-17-9-8-16(19(24)13-17)14-21-22-20(25)15-6-5-7-18(12-15)29(26,27)23-10-3-4-11-23/h5-9,12-14,24H,2-4,10-11H2,1H3,(H,22,25)/b21-14+. The van der Waals surface area contributed by atoms with Crippen molar-refractivity contribution in [1.82, 2.24) is 9.73 Å². The molecule has 0 unspecified atom stereocenters. The SMILES string of the molecule is CCOc1ccc(/C=N/NC(=O)c2cccc(S(=O)(=O)N3CCCC3)c2)c(O)c1. The Bertz CT molecular complexity index is 1010. The van der Waals surface area contributed by atoms with Gasteiger partial charge < -0.3 is 9.84 Å². The average Bonchev–Trinajstić information content (AvgIpc) is 3.26. The predicted molar refractivity (Wildman–Crippen MR) is 109 cm³/mol. The number of carbonyl (C=O) groups is 1. The van der Waals surface area contributed by atoms with Crippen LogP contribution in [0.4, 0.5) is 0 Å². The minimum atomic E-state index is -3.60. The molecule has 1 fully saturated rings. The number of ether oxygens (including phenoxy) is 1. The van der Waals surface area contributed by atoms with Crippen molar-refractivity contribution >= 4 is 22.1 Å². The van der Waals surface area contributed by atoms with Crippen LogP contribution < -0.4 is 10.2 Å². The fourth-order valence-electron chi connectivity index (χ4n) is 2.99. The zero-order valence-corrected chi connectivity index (χ0v) is 16.9. The van der Waals surface area contributed by atoms with Crippen molar-refractivity contribution in [3.8, 4) is 11.5 Å². The predicted octanol–water partition coefficient (Wildman–Crippen LogP) is 2.34. The third-order valence-corrected chi connectivity index (χ3v) is 6.38. The number of hydrogen-bond acceptors (Lipinski definition) is 6. The van der Waals surface area contributed by atoms with Crippen molar-refractivity contribution < 1.29 is 23.1 Å². The number of carbonyl (C=O) groups excluding carboxylic acids is 1. The third-order valence-electron chi connectivity index (χ3n) is 4.48. The number of aromatic hydroxyl groups is 1. The molecule has 1 saturated heterocycles. The van der Waals surface area contributed by atoms with E-state index in [0.717, 1.165) is 12.8 Å². The van der Waals surface area contributed by atoms with E-state index in [1.54, 1.807) is 12.1 Å². The highest BCUT2D eigenvalue weighted by Gasteiger charge is 2.27. The van der Waals surface area contributed by atoms with E-state index in [4.69, 9.17) is 4.74 Å². The summed E-state index contributed by atoms with van der Waals surface area (Å²) in [6, 6.07) is 10.6. The van der Waals surface area contributed by atoms with Crippen molar-refractivity contribution in [1.29, 1.82) is 0 Å². The molecule has 0 aliphatic carbocycles. The van der Waals surface area contributed by atoms with E-state index in [1.807, 2.05) is 6.92 Å². The first-order chi connectivity index (χ1) is 13.9. The first kappa shape index (κ1) is 20.8. The van der Waals surface area contributed by atoms with Crippen LogP contribution in [0.2, 0.25) is 0 Å². The summed E-state index contributed by atoms with van der Waals surface area (Å²) in [4.78, 5) is 12.4. The van der Waals surface area contributed by atoms with Gasteiger partial charge in [-0.25, -0.2) is 13.8 Å². The van der Waals surface area contributed by atoms with Crippen LogP contribution in [-0.4, -0.2) is 49.6 Å². The maximum atomic E-state index is 12.6. The number of amides is 1. The number of hydrazone groups is 1. The van der Waals surface area contributed by atoms with Crippen LogP contribution in [0.15, 0.2) is 52.5 Å². The van der Waals surface area contributed by atoms with E-state index in [2.05, 4.69) is 10.5 Å². The smallest absolute Gasteiger partial charge is 0.271 e. The Morgan fingerprint density at radius 3 is 2.69 bits per heavy atom. The normalized spacial score (nSPS) is 14.9. The highest BCUT2D eigenvalue weighted by molar-refractivity contribution is 7.89. The van der Waals surface area contributed by atoms with Crippen LogP contribution >= 0.6 is 0 Å². The topological polar surface area (TPSA) is 108 Å². The second kappa shape index (κ2) is 9.06. The minimum absolute atomic E-state index is 0.0346. The number of nitrogens with one attached hydrogen (secondary N) is 1. The fraction of sp³-hybridized carbons (Fsp3) is 0.300. The summed E-state index contributed by atoms with van der Waals surface area (Å²) < 4.78 is 32.0. The van der Waals surface area contributed by atoms with Gasteiger partial charge in [-0.2, -0.15) is 9.41 Å². The van der Waals surface area contributed by atoms with E-state index < -0.39 is 15.9 Å². The Balaban J connectivity index is 1.69. The van der Waals surface area contributed by atoms with Crippen LogP contribution in [0, 0.1) is 0 Å². The number of benzene rings is 2. The molecule has 1 heterocycles. The fourth-order valence-corrected chi connectivity index (χ4v) is 4.55. The van der Waals surface area contributed by atoms with E-state index >= 15 is 0 Å². The van der Waals surface area contributed by atoms with E-state index in [9.17, 15) is 18.3 Å². The number of nitrogens with zero attached hydrogens (tertiary/aromatic N) is 2. The van der Waals surface area contributed by atoms with E-state index in [1.165, 1.54) is 40.9 Å². The lowest BCUT2D eigenvalue weighted by molar-refractivity contribution is 0.0955. The minimum Gasteiger partial charge on any atom is -0.507 e. The number of rotatable bonds is 7. The van der Waals surface area contributed by atoms with Crippen molar-refractivity contribution in [2.75, 3.05) is 19.7 Å². The molecule has 3 rings (SSSR count). The molecular weight excluding hydrogens is 394 g/mol. The number of phenols is 1. The summed E-state index contributed by atoms with van der Waals surface area (Å²) in [5.41, 5.74) is 2.92. The zero-order chi connectivity index (χ0) is 20.9. The van der Waals surface area contributed by atoms with Gasteiger partial charge in [0.2, 0.25) is 10.0 Å². The van der Waals surface area contributed by atoms with Gasteiger partial charge in [-0.3, -0.25) is 4.79 Å². The molecule has 0 saturated carbocycles. The molecule has 0 atom stereocenters. The first-order valence-corrected chi connectivity index (χ1v) is 10.8. The van der Waals surface area contributed by atoms with Crippen LogP contribution in [-0.2, 0) is 10.0 Å².